The summed E-state index contributed by atoms with van der Waals surface area (Å²) >= 11 is 0. The summed E-state index contributed by atoms with van der Waals surface area (Å²) in [6.07, 6.45) is 3.46. The van der Waals surface area contributed by atoms with E-state index in [0.29, 0.717) is 79.3 Å². The number of ether oxygens (including phenoxy) is 6. The first kappa shape index (κ1) is 24.6. The van der Waals surface area contributed by atoms with Crippen molar-refractivity contribution < 1.29 is 84.9 Å². The van der Waals surface area contributed by atoms with Crippen molar-refractivity contribution in [3.05, 3.63) is 18.5 Å². The molecule has 0 saturated carbocycles. The quantitative estimate of drug-likeness (QED) is 0.439. The molecule has 1 aliphatic heterocycles. The van der Waals surface area contributed by atoms with Gasteiger partial charge in [-0.15, -0.1) is 6.20 Å². The van der Waals surface area contributed by atoms with Crippen LogP contribution in [0.5, 0.6) is 0 Å². The van der Waals surface area contributed by atoms with E-state index in [9.17, 15) is 0 Å². The van der Waals surface area contributed by atoms with E-state index in [1.54, 1.807) is 12.4 Å². The van der Waals surface area contributed by atoms with Gasteiger partial charge < -0.3 is 33.5 Å². The summed E-state index contributed by atoms with van der Waals surface area (Å²) in [4.78, 5) is 0. The Bertz CT molecular complexity index is 227. The van der Waals surface area contributed by atoms with Gasteiger partial charge in [0.05, 0.1) is 79.3 Å². The third-order valence-corrected chi connectivity index (χ3v) is 2.64. The molecule has 1 N–H and O–H groups in total. The fourth-order valence-corrected chi connectivity index (χ4v) is 1.53. The second kappa shape index (κ2) is 21.6. The summed E-state index contributed by atoms with van der Waals surface area (Å²) in [6.45, 7) is 7.04. The molecule has 1 fully saturated rings. The topological polar surface area (TPSA) is 83.6 Å². The Morgan fingerprint density at radius 3 is 0.958 bits per heavy atom. The van der Waals surface area contributed by atoms with Gasteiger partial charge in [-0.05, 0) is 6.07 Å². The van der Waals surface area contributed by atoms with Crippen LogP contribution in [0, 0.1) is 0 Å². The van der Waals surface area contributed by atoms with Crippen LogP contribution >= 0.6 is 0 Å². The molecule has 9 heteroatoms. The Kier molecular flexibility index (Phi) is 22.2. The van der Waals surface area contributed by atoms with Gasteiger partial charge in [0.2, 0.25) is 0 Å². The molecule has 0 radical (unpaired) electrons. The van der Waals surface area contributed by atoms with Gasteiger partial charge in [-0.1, -0.05) is 0 Å². The summed E-state index contributed by atoms with van der Waals surface area (Å²) in [5, 5.41) is 6.21. The fraction of sp³-hybridized carbons (Fsp3) is 0.800. The molecule has 0 bridgehead atoms. The second-order valence-corrected chi connectivity index (χ2v) is 4.44. The molecular formula is C15H28KN2O6+. The zero-order valence-electron chi connectivity index (χ0n) is 14.6. The van der Waals surface area contributed by atoms with Crippen LogP contribution in [0.1, 0.15) is 0 Å². The Balaban J connectivity index is 0.000000751. The molecule has 1 aliphatic rings. The van der Waals surface area contributed by atoms with Gasteiger partial charge in [-0.3, -0.25) is 5.10 Å². The number of nitrogens with zero attached hydrogens (tertiary/aromatic N) is 1. The van der Waals surface area contributed by atoms with E-state index < -0.39 is 0 Å². The summed E-state index contributed by atoms with van der Waals surface area (Å²) in [5.74, 6) is 0. The van der Waals surface area contributed by atoms with E-state index in [0.717, 1.165) is 0 Å². The number of nitrogens with one attached hydrogen (secondary N) is 1. The van der Waals surface area contributed by atoms with Crippen LogP contribution in [0.4, 0.5) is 0 Å². The van der Waals surface area contributed by atoms with Gasteiger partial charge in [0.25, 0.3) is 0 Å². The van der Waals surface area contributed by atoms with Gasteiger partial charge >= 0.3 is 51.4 Å². The summed E-state index contributed by atoms with van der Waals surface area (Å²) in [6, 6.07) is 1.83. The van der Waals surface area contributed by atoms with Crippen LogP contribution in [0.25, 0.3) is 0 Å². The van der Waals surface area contributed by atoms with Gasteiger partial charge in [-0.2, -0.15) is 0 Å². The van der Waals surface area contributed by atoms with E-state index in [2.05, 4.69) is 10.2 Å². The van der Waals surface area contributed by atoms with E-state index in [1.165, 1.54) is 0 Å². The first-order valence-electron chi connectivity index (χ1n) is 7.90. The third kappa shape index (κ3) is 18.9. The smallest absolute Gasteiger partial charge is 0.420 e. The first-order valence-corrected chi connectivity index (χ1v) is 7.90. The predicted molar refractivity (Wildman–Crippen MR) is 81.2 cm³/mol. The Morgan fingerprint density at radius 1 is 0.542 bits per heavy atom. The molecule has 0 aromatic carbocycles. The summed E-state index contributed by atoms with van der Waals surface area (Å²) in [7, 11) is 0. The maximum Gasteiger partial charge on any atom is 1.00 e. The van der Waals surface area contributed by atoms with E-state index >= 15 is 0 Å². The van der Waals surface area contributed by atoms with Crippen molar-refractivity contribution in [1.29, 1.82) is 0 Å². The van der Waals surface area contributed by atoms with Crippen LogP contribution in [-0.2, 0) is 28.4 Å². The molecule has 134 valence electrons. The summed E-state index contributed by atoms with van der Waals surface area (Å²) in [5.41, 5.74) is 0. The van der Waals surface area contributed by atoms with E-state index in [1.807, 2.05) is 6.07 Å². The van der Waals surface area contributed by atoms with Crippen LogP contribution in [0.3, 0.4) is 0 Å². The van der Waals surface area contributed by atoms with Gasteiger partial charge in [0.15, 0.2) is 6.20 Å². The number of hydrogen-bond donors (Lipinski definition) is 0. The Labute approximate surface area is 186 Å². The zero-order chi connectivity index (χ0) is 16.3. The molecular weight excluding hydrogens is 343 g/mol. The predicted octanol–water partition coefficient (Wildman–Crippen LogP) is -3.44. The van der Waals surface area contributed by atoms with E-state index in [-0.39, 0.29) is 51.4 Å². The number of rotatable bonds is 0. The normalized spacial score (nSPS) is 19.7. The van der Waals surface area contributed by atoms with Crippen molar-refractivity contribution in [2.75, 3.05) is 79.3 Å². The Hall–Kier alpha value is 0.606. The van der Waals surface area contributed by atoms with Crippen molar-refractivity contribution in [2.24, 2.45) is 0 Å². The minimum absolute atomic E-state index is 0. The standard InChI is InChI=1S/C12H24O6.C3H4N2.K/c1-2-14-5-6-16-9-10-18-12-11-17-8-7-15-4-3-13-1;1-2-4-5-3-1;/h1-12H2;1-4H;/q;;+1. The van der Waals surface area contributed by atoms with Crippen LogP contribution < -0.4 is 61.6 Å². The number of aromatic amines is 1. The first-order chi connectivity index (χ1) is 11.5. The van der Waals surface area contributed by atoms with Crippen molar-refractivity contribution >= 4 is 0 Å². The molecule has 24 heavy (non-hydrogen) atoms. The van der Waals surface area contributed by atoms with Crippen molar-refractivity contribution in [1.82, 2.24) is 5.10 Å². The summed E-state index contributed by atoms with van der Waals surface area (Å²) < 4.78 is 32.0. The molecule has 1 aromatic rings. The maximum atomic E-state index is 5.33. The molecule has 0 atom stereocenters. The largest absolute Gasteiger partial charge is 1.00 e. The molecule has 0 unspecified atom stereocenters. The molecule has 1 saturated heterocycles. The minimum atomic E-state index is 0. The maximum absolute atomic E-state index is 5.33. The van der Waals surface area contributed by atoms with Crippen molar-refractivity contribution in [3.63, 3.8) is 0 Å². The van der Waals surface area contributed by atoms with Crippen molar-refractivity contribution in [3.8, 4) is 0 Å². The number of hydrogen-bond acceptors (Lipinski definition) is 6. The molecule has 0 spiro atoms. The zero-order valence-corrected chi connectivity index (χ0v) is 17.7. The molecule has 0 amide bonds. The number of aromatic nitrogens is 2. The van der Waals surface area contributed by atoms with Gasteiger partial charge in [-0.25, -0.2) is 0 Å². The monoisotopic (exact) mass is 371 g/mol. The SMILES string of the molecule is C1COCCOCCOCCOCCOCCO1.[K+].c1c[n-][nH+]c1. The molecule has 2 rings (SSSR count). The third-order valence-electron chi connectivity index (χ3n) is 2.64. The molecule has 1 aromatic heterocycles. The van der Waals surface area contributed by atoms with Crippen LogP contribution in [0.15, 0.2) is 18.5 Å². The second-order valence-electron chi connectivity index (χ2n) is 4.44. The van der Waals surface area contributed by atoms with Crippen molar-refractivity contribution in [2.45, 2.75) is 0 Å². The van der Waals surface area contributed by atoms with Crippen LogP contribution in [0.2, 0.25) is 0 Å². The Morgan fingerprint density at radius 2 is 0.833 bits per heavy atom. The van der Waals surface area contributed by atoms with Gasteiger partial charge in [0, 0.05) is 0 Å². The van der Waals surface area contributed by atoms with Gasteiger partial charge in [0.1, 0.15) is 0 Å². The van der Waals surface area contributed by atoms with E-state index in [4.69, 9.17) is 28.4 Å². The minimum Gasteiger partial charge on any atom is -0.420 e. The number of H-pyrrole nitrogens is 1. The fourth-order valence-electron chi connectivity index (χ4n) is 1.53. The average molecular weight is 371 g/mol. The molecule has 0 aliphatic carbocycles. The molecule has 2 heterocycles. The average Bonchev–Trinajstić information content (AvgIpc) is 3.15. The van der Waals surface area contributed by atoms with Crippen LogP contribution in [-0.4, -0.2) is 79.3 Å². The molecule has 8 nitrogen and oxygen atoms in total.